The van der Waals surface area contributed by atoms with E-state index in [-0.39, 0.29) is 41.2 Å². The summed E-state index contributed by atoms with van der Waals surface area (Å²) in [4.78, 5) is 17.3. The Balaban J connectivity index is 1.73. The molecule has 2 aromatic carbocycles. The quantitative estimate of drug-likeness (QED) is 0.691. The predicted octanol–water partition coefficient (Wildman–Crippen LogP) is 2.42. The van der Waals surface area contributed by atoms with Crippen LogP contribution in [0.4, 0.5) is 4.39 Å². The molecule has 0 bridgehead atoms. The number of aromatic nitrogens is 2. The van der Waals surface area contributed by atoms with Crippen LogP contribution < -0.4 is 10.1 Å². The summed E-state index contributed by atoms with van der Waals surface area (Å²) >= 11 is 0. The molecule has 0 saturated heterocycles. The monoisotopic (exact) mass is 415 g/mol. The molecule has 0 saturated carbocycles. The van der Waals surface area contributed by atoms with E-state index in [1.807, 2.05) is 0 Å². The molecule has 1 aliphatic rings. The van der Waals surface area contributed by atoms with Gasteiger partial charge in [-0.2, -0.15) is 0 Å². The van der Waals surface area contributed by atoms with Crippen LogP contribution >= 0.6 is 0 Å². The Morgan fingerprint density at radius 1 is 1.24 bits per heavy atom. The molecule has 3 aromatic rings. The lowest BCUT2D eigenvalue weighted by Crippen LogP contribution is -2.26. The number of hydrogen-bond donors (Lipinski definition) is 1. The van der Waals surface area contributed by atoms with Gasteiger partial charge in [0.15, 0.2) is 0 Å². The third-order valence-corrected chi connectivity index (χ3v) is 6.31. The summed E-state index contributed by atoms with van der Waals surface area (Å²) in [6.07, 6.45) is 0. The maximum atomic E-state index is 13.1. The number of benzene rings is 2. The van der Waals surface area contributed by atoms with Crippen molar-refractivity contribution in [3.05, 3.63) is 65.6 Å². The average molecular weight is 415 g/mol. The zero-order valence-electron chi connectivity index (χ0n) is 15.6. The summed E-state index contributed by atoms with van der Waals surface area (Å²) < 4.78 is 44.4. The Labute approximate surface area is 167 Å². The molecule has 0 fully saturated rings. The van der Waals surface area contributed by atoms with Gasteiger partial charge in [-0.15, -0.1) is 0 Å². The van der Waals surface area contributed by atoms with Crippen molar-refractivity contribution in [2.75, 3.05) is 12.9 Å². The highest BCUT2D eigenvalue weighted by Gasteiger charge is 2.35. The largest absolute Gasteiger partial charge is 0.497 e. The van der Waals surface area contributed by atoms with E-state index >= 15 is 0 Å². The molecule has 4 rings (SSSR count). The molecule has 1 N–H and O–H groups in total. The topological polar surface area (TPSA) is 90.3 Å². The number of hydrogen-bond acceptors (Lipinski definition) is 5. The van der Waals surface area contributed by atoms with Gasteiger partial charge in [-0.05, 0) is 29.8 Å². The standard InChI is InChI=1S/C20H18FN3O4S/c1-28-16-4-2-3-14(11-16)17-18(24-9-10-29(26,27)20(24)23-17)19(25)22-12-13-5-7-15(21)8-6-13/h2-8,11H,9-10,12H2,1H3,(H,22,25). The molecule has 0 unspecified atom stereocenters. The molecular weight excluding hydrogens is 397 g/mol. The van der Waals surface area contributed by atoms with Gasteiger partial charge in [-0.3, -0.25) is 4.79 Å². The number of rotatable bonds is 5. The molecular formula is C20H18FN3O4S. The third-order valence-electron chi connectivity index (χ3n) is 4.72. The zero-order chi connectivity index (χ0) is 20.6. The molecule has 7 nitrogen and oxygen atoms in total. The van der Waals surface area contributed by atoms with Gasteiger partial charge in [0.05, 0.1) is 12.9 Å². The summed E-state index contributed by atoms with van der Waals surface area (Å²) in [6.45, 7) is 0.331. The fraction of sp³-hybridized carbons (Fsp3) is 0.200. The number of imidazole rings is 1. The minimum Gasteiger partial charge on any atom is -0.497 e. The SMILES string of the molecule is COc1cccc(-c2nc3n(c2C(=O)NCc2ccc(F)cc2)CCS3(=O)=O)c1. The minimum atomic E-state index is -3.54. The molecule has 1 aromatic heterocycles. The molecule has 29 heavy (non-hydrogen) atoms. The van der Waals surface area contributed by atoms with Crippen LogP contribution in [-0.4, -0.2) is 36.7 Å². The van der Waals surface area contributed by atoms with Gasteiger partial charge in [-0.25, -0.2) is 17.8 Å². The molecule has 9 heteroatoms. The van der Waals surface area contributed by atoms with Crippen LogP contribution in [0.15, 0.2) is 53.7 Å². The number of fused-ring (bicyclic) bond motifs is 1. The second kappa shape index (κ2) is 7.32. The van der Waals surface area contributed by atoms with Crippen LogP contribution in [0, 0.1) is 5.82 Å². The lowest BCUT2D eigenvalue weighted by molar-refractivity contribution is 0.0942. The third kappa shape index (κ3) is 3.61. The molecule has 150 valence electrons. The summed E-state index contributed by atoms with van der Waals surface area (Å²) in [5.41, 5.74) is 1.75. The van der Waals surface area contributed by atoms with E-state index in [4.69, 9.17) is 4.74 Å². The van der Waals surface area contributed by atoms with Crippen molar-refractivity contribution in [3.8, 4) is 17.0 Å². The van der Waals surface area contributed by atoms with Crippen molar-refractivity contribution in [2.45, 2.75) is 18.2 Å². The molecule has 0 spiro atoms. The van der Waals surface area contributed by atoms with Crippen LogP contribution in [0.25, 0.3) is 11.3 Å². The van der Waals surface area contributed by atoms with Gasteiger partial charge in [-0.1, -0.05) is 24.3 Å². The van der Waals surface area contributed by atoms with E-state index in [0.717, 1.165) is 5.56 Å². The van der Waals surface area contributed by atoms with E-state index < -0.39 is 15.7 Å². The minimum absolute atomic E-state index is 0.0913. The average Bonchev–Trinajstić information content (AvgIpc) is 3.25. The molecule has 2 heterocycles. The number of nitrogens with one attached hydrogen (secondary N) is 1. The Morgan fingerprint density at radius 3 is 2.72 bits per heavy atom. The highest BCUT2D eigenvalue weighted by Crippen LogP contribution is 2.31. The van der Waals surface area contributed by atoms with Crippen molar-refractivity contribution < 1.29 is 22.3 Å². The lowest BCUT2D eigenvalue weighted by Gasteiger charge is -2.10. The molecule has 0 atom stereocenters. The molecule has 0 radical (unpaired) electrons. The Hall–Kier alpha value is -3.20. The normalized spacial score (nSPS) is 14.4. The maximum Gasteiger partial charge on any atom is 0.270 e. The van der Waals surface area contributed by atoms with Crippen molar-refractivity contribution >= 4 is 15.7 Å². The number of ether oxygens (including phenoxy) is 1. The molecule has 1 aliphatic heterocycles. The molecule has 0 aliphatic carbocycles. The first-order chi connectivity index (χ1) is 13.9. The smallest absolute Gasteiger partial charge is 0.270 e. The van der Waals surface area contributed by atoms with Crippen molar-refractivity contribution in [1.29, 1.82) is 0 Å². The van der Waals surface area contributed by atoms with Crippen LogP contribution in [0.5, 0.6) is 5.75 Å². The van der Waals surface area contributed by atoms with Gasteiger partial charge in [0.1, 0.15) is 23.0 Å². The number of amides is 1. The van der Waals surface area contributed by atoms with E-state index in [1.165, 1.54) is 23.8 Å². The summed E-state index contributed by atoms with van der Waals surface area (Å²) in [5, 5.41) is 2.66. The van der Waals surface area contributed by atoms with Gasteiger partial charge in [0, 0.05) is 18.7 Å². The number of nitrogens with zero attached hydrogens (tertiary/aromatic N) is 2. The van der Waals surface area contributed by atoms with E-state index in [2.05, 4.69) is 10.3 Å². The van der Waals surface area contributed by atoms with Crippen LogP contribution in [0.3, 0.4) is 0 Å². The Kier molecular flexibility index (Phi) is 4.83. The summed E-state index contributed by atoms with van der Waals surface area (Å²) in [7, 11) is -2.02. The first-order valence-corrected chi connectivity index (χ1v) is 10.5. The number of methoxy groups -OCH3 is 1. The number of carbonyl (C=O) groups is 1. The highest BCUT2D eigenvalue weighted by molar-refractivity contribution is 7.91. The van der Waals surface area contributed by atoms with E-state index in [9.17, 15) is 17.6 Å². The van der Waals surface area contributed by atoms with Crippen molar-refractivity contribution in [2.24, 2.45) is 0 Å². The van der Waals surface area contributed by atoms with Crippen molar-refractivity contribution in [3.63, 3.8) is 0 Å². The zero-order valence-corrected chi connectivity index (χ0v) is 16.4. The predicted molar refractivity (Wildman–Crippen MR) is 104 cm³/mol. The Morgan fingerprint density at radius 2 is 2.00 bits per heavy atom. The number of carbonyl (C=O) groups excluding carboxylic acids is 1. The maximum absolute atomic E-state index is 13.1. The summed E-state index contributed by atoms with van der Waals surface area (Å²) in [5.74, 6) is -0.343. The van der Waals surface area contributed by atoms with Crippen molar-refractivity contribution in [1.82, 2.24) is 14.9 Å². The number of halogens is 1. The second-order valence-electron chi connectivity index (χ2n) is 6.60. The van der Waals surface area contributed by atoms with Gasteiger partial charge in [0.25, 0.3) is 5.91 Å². The first-order valence-electron chi connectivity index (χ1n) is 8.89. The fourth-order valence-electron chi connectivity index (χ4n) is 3.25. The first kappa shape index (κ1) is 19.1. The molecule has 1 amide bonds. The summed E-state index contributed by atoms with van der Waals surface area (Å²) in [6, 6.07) is 12.7. The van der Waals surface area contributed by atoms with E-state index in [1.54, 1.807) is 36.4 Å². The van der Waals surface area contributed by atoms with Crippen LogP contribution in [-0.2, 0) is 22.9 Å². The lowest BCUT2D eigenvalue weighted by atomic mass is 10.1. The van der Waals surface area contributed by atoms with Gasteiger partial charge in [0.2, 0.25) is 15.0 Å². The number of sulfone groups is 1. The van der Waals surface area contributed by atoms with Crippen LogP contribution in [0.1, 0.15) is 16.1 Å². The van der Waals surface area contributed by atoms with Gasteiger partial charge < -0.3 is 14.6 Å². The highest BCUT2D eigenvalue weighted by atomic mass is 32.2. The van der Waals surface area contributed by atoms with Gasteiger partial charge >= 0.3 is 0 Å². The second-order valence-corrected chi connectivity index (χ2v) is 8.61. The Bertz CT molecular complexity index is 1190. The van der Waals surface area contributed by atoms with E-state index in [0.29, 0.717) is 11.3 Å². The van der Waals surface area contributed by atoms with Crippen LogP contribution in [0.2, 0.25) is 0 Å². The fourth-order valence-corrected chi connectivity index (χ4v) is 4.60.